The number of alkyl halides is 3. The number of halogens is 3. The number of ether oxygens (including phenoxy) is 1. The van der Waals surface area contributed by atoms with Crippen molar-refractivity contribution in [2.24, 2.45) is 0 Å². The van der Waals surface area contributed by atoms with Gasteiger partial charge in [-0.15, -0.1) is 0 Å². The Hall–Kier alpha value is -5.24. The summed E-state index contributed by atoms with van der Waals surface area (Å²) in [6.07, 6.45) is -0.227. The van der Waals surface area contributed by atoms with Crippen LogP contribution >= 0.6 is 0 Å². The maximum atomic E-state index is 14.0. The molecule has 14 heteroatoms. The summed E-state index contributed by atoms with van der Waals surface area (Å²) in [4.78, 5) is 57.2. The van der Waals surface area contributed by atoms with E-state index in [0.717, 1.165) is 30.3 Å². The molecule has 5 rings (SSSR count). The smallest absolute Gasteiger partial charge is 0.381 e. The Morgan fingerprint density at radius 2 is 1.79 bits per heavy atom. The zero-order valence-electron chi connectivity index (χ0n) is 25.7. The summed E-state index contributed by atoms with van der Waals surface area (Å²) >= 11 is 0. The first kappa shape index (κ1) is 33.1. The van der Waals surface area contributed by atoms with Crippen LogP contribution in [0.3, 0.4) is 0 Å². The van der Waals surface area contributed by atoms with Crippen LogP contribution in [0.5, 0.6) is 0 Å². The van der Waals surface area contributed by atoms with Gasteiger partial charge in [0.05, 0.1) is 16.8 Å². The van der Waals surface area contributed by atoms with E-state index in [9.17, 15) is 32.3 Å². The number of aromatic nitrogens is 3. The quantitative estimate of drug-likeness (QED) is 0.224. The zero-order valence-corrected chi connectivity index (χ0v) is 25.7. The van der Waals surface area contributed by atoms with Crippen molar-refractivity contribution in [1.29, 1.82) is 0 Å². The molecule has 3 amide bonds. The van der Waals surface area contributed by atoms with E-state index in [1.165, 1.54) is 21.2 Å². The van der Waals surface area contributed by atoms with Crippen LogP contribution in [0.25, 0.3) is 16.9 Å². The fourth-order valence-corrected chi connectivity index (χ4v) is 5.40. The number of nitrogens with zero attached hydrogens (tertiary/aromatic N) is 3. The normalized spacial score (nSPS) is 13.7. The van der Waals surface area contributed by atoms with Crippen LogP contribution in [0.15, 0.2) is 66.1 Å². The molecule has 0 saturated carbocycles. The van der Waals surface area contributed by atoms with Gasteiger partial charge in [-0.2, -0.15) is 13.2 Å². The van der Waals surface area contributed by atoms with E-state index < -0.39 is 29.1 Å². The van der Waals surface area contributed by atoms with Crippen molar-refractivity contribution in [3.8, 4) is 11.1 Å². The van der Waals surface area contributed by atoms with E-state index >= 15 is 0 Å². The summed E-state index contributed by atoms with van der Waals surface area (Å²) in [7, 11) is 0. The van der Waals surface area contributed by atoms with Gasteiger partial charge in [0.15, 0.2) is 0 Å². The average Bonchev–Trinajstić information content (AvgIpc) is 3.35. The minimum Gasteiger partial charge on any atom is -0.381 e. The lowest BCUT2D eigenvalue weighted by Gasteiger charge is -2.23. The molecule has 0 spiro atoms. The van der Waals surface area contributed by atoms with Gasteiger partial charge in [0.1, 0.15) is 6.54 Å². The zero-order chi connectivity index (χ0) is 33.9. The predicted octanol–water partition coefficient (Wildman–Crippen LogP) is 4.72. The largest absolute Gasteiger partial charge is 0.416 e. The van der Waals surface area contributed by atoms with E-state index in [0.29, 0.717) is 49.4 Å². The highest BCUT2D eigenvalue weighted by Gasteiger charge is 2.30. The molecule has 0 bridgehead atoms. The molecule has 0 radical (unpaired) electrons. The van der Waals surface area contributed by atoms with Crippen molar-refractivity contribution in [2.45, 2.75) is 51.9 Å². The molecule has 246 valence electrons. The molecule has 11 nitrogen and oxygen atoms in total. The lowest BCUT2D eigenvalue weighted by Crippen LogP contribution is -2.38. The molecule has 4 aromatic rings. The Morgan fingerprint density at radius 3 is 2.43 bits per heavy atom. The number of nitrogens with one attached hydrogen (secondary N) is 3. The summed E-state index contributed by atoms with van der Waals surface area (Å²) < 4.78 is 46.9. The van der Waals surface area contributed by atoms with Gasteiger partial charge < -0.3 is 25.3 Å². The molecule has 0 atom stereocenters. The van der Waals surface area contributed by atoms with Gasteiger partial charge in [-0.25, -0.2) is 4.98 Å². The van der Waals surface area contributed by atoms with E-state index in [4.69, 9.17) is 9.72 Å². The Kier molecular flexibility index (Phi) is 9.61. The Labute approximate surface area is 267 Å². The molecule has 2 aromatic heterocycles. The molecule has 1 fully saturated rings. The molecule has 2 aromatic carbocycles. The number of carbonyl (C=O) groups excluding carboxylic acids is 3. The lowest BCUT2D eigenvalue weighted by atomic mass is 9.99. The molecule has 1 saturated heterocycles. The first-order valence-corrected chi connectivity index (χ1v) is 14.9. The number of aryl methyl sites for hydroxylation is 2. The van der Waals surface area contributed by atoms with Gasteiger partial charge in [0.2, 0.25) is 17.6 Å². The molecule has 0 unspecified atom stereocenters. The van der Waals surface area contributed by atoms with Crippen molar-refractivity contribution >= 4 is 34.9 Å². The molecule has 3 heterocycles. The third-order valence-corrected chi connectivity index (χ3v) is 7.84. The van der Waals surface area contributed by atoms with Crippen molar-refractivity contribution in [1.82, 2.24) is 19.3 Å². The maximum Gasteiger partial charge on any atom is 0.416 e. The van der Waals surface area contributed by atoms with Crippen LogP contribution in [0.4, 0.5) is 24.5 Å². The highest BCUT2D eigenvalue weighted by Crippen LogP contribution is 2.31. The average molecular weight is 651 g/mol. The Bertz CT molecular complexity index is 1910. The van der Waals surface area contributed by atoms with Gasteiger partial charge in [-0.05, 0) is 68.7 Å². The molecular weight excluding hydrogens is 617 g/mol. The van der Waals surface area contributed by atoms with Gasteiger partial charge in [0.25, 0.3) is 11.5 Å². The second kappa shape index (κ2) is 13.6. The summed E-state index contributed by atoms with van der Waals surface area (Å²) in [6.45, 7) is 7.82. The van der Waals surface area contributed by atoms with Crippen LogP contribution in [0.1, 0.15) is 47.1 Å². The van der Waals surface area contributed by atoms with Crippen molar-refractivity contribution in [3.63, 3.8) is 0 Å². The summed E-state index contributed by atoms with van der Waals surface area (Å²) in [6, 6.07) is 8.68. The van der Waals surface area contributed by atoms with E-state index in [-0.39, 0.29) is 46.8 Å². The van der Waals surface area contributed by atoms with E-state index in [1.54, 1.807) is 26.0 Å². The highest BCUT2D eigenvalue weighted by atomic mass is 19.4. The Balaban J connectivity index is 1.49. The number of hydrogen-bond acceptors (Lipinski definition) is 6. The monoisotopic (exact) mass is 650 g/mol. The van der Waals surface area contributed by atoms with E-state index in [1.807, 2.05) is 0 Å². The fourth-order valence-electron chi connectivity index (χ4n) is 5.40. The number of benzene rings is 2. The summed E-state index contributed by atoms with van der Waals surface area (Å²) in [5, 5.41) is 8.27. The minimum absolute atomic E-state index is 0.0469. The Morgan fingerprint density at radius 1 is 1.09 bits per heavy atom. The van der Waals surface area contributed by atoms with Gasteiger partial charge >= 0.3 is 6.18 Å². The first-order chi connectivity index (χ1) is 22.4. The second-order valence-electron chi connectivity index (χ2n) is 11.1. The SMILES string of the molecule is C=CC(=O)Nc1cc(C(=O)NC2CCOCC2)ccc1-c1c(CC)nc2n(CC(=O)Nc3ccc(C(F)(F)F)cc3)c(C)cn2c1=O. The molecule has 0 aliphatic carbocycles. The maximum absolute atomic E-state index is 14.0. The van der Waals surface area contributed by atoms with Gasteiger partial charge in [-0.1, -0.05) is 19.6 Å². The van der Waals surface area contributed by atoms with Crippen LogP contribution in [-0.2, 0) is 33.5 Å². The number of hydrogen-bond donors (Lipinski definition) is 3. The standard InChI is InChI=1S/C33H33F3N6O5/c1-4-25-29(24-11-6-20(16-26(24)39-27(43)5-2)30(45)38-23-12-14-47-15-13-23)31(46)42-17-19(3)41(32(42)40-25)18-28(44)37-22-9-7-21(8-10-22)33(34,35)36/h5-11,16-17,23H,2,4,12-15,18H2,1,3H3,(H,37,44)(H,38,45)(H,39,43). The van der Waals surface area contributed by atoms with Crippen LogP contribution < -0.4 is 21.5 Å². The number of fused-ring (bicyclic) bond motifs is 1. The van der Waals surface area contributed by atoms with Crippen LogP contribution in [0, 0.1) is 6.92 Å². The number of amides is 3. The molecule has 1 aliphatic heterocycles. The van der Waals surface area contributed by atoms with Crippen molar-refractivity contribution in [2.75, 3.05) is 23.8 Å². The highest BCUT2D eigenvalue weighted by molar-refractivity contribution is 6.04. The number of rotatable bonds is 9. The van der Waals surface area contributed by atoms with Crippen LogP contribution in [0.2, 0.25) is 0 Å². The van der Waals surface area contributed by atoms with Crippen molar-refractivity contribution < 1.29 is 32.3 Å². The lowest BCUT2D eigenvalue weighted by molar-refractivity contribution is -0.137. The van der Waals surface area contributed by atoms with Gasteiger partial charge in [0, 0.05) is 53.6 Å². The minimum atomic E-state index is -4.50. The number of carbonyl (C=O) groups is 3. The number of imidazole rings is 1. The third kappa shape index (κ3) is 7.27. The predicted molar refractivity (Wildman–Crippen MR) is 169 cm³/mol. The van der Waals surface area contributed by atoms with E-state index in [2.05, 4.69) is 22.5 Å². The number of anilines is 2. The summed E-state index contributed by atoms with van der Waals surface area (Å²) in [5.41, 5.74) is 0.826. The van der Waals surface area contributed by atoms with Gasteiger partial charge in [-0.3, -0.25) is 23.6 Å². The fraction of sp³-hybridized carbons (Fsp3) is 0.303. The summed E-state index contributed by atoms with van der Waals surface area (Å²) in [5.74, 6) is -1.23. The van der Waals surface area contributed by atoms with Crippen LogP contribution in [-0.4, -0.2) is 50.9 Å². The molecule has 1 aliphatic rings. The third-order valence-electron chi connectivity index (χ3n) is 7.84. The molecular formula is C33H33F3N6O5. The second-order valence-corrected chi connectivity index (χ2v) is 11.1. The topological polar surface area (TPSA) is 136 Å². The first-order valence-electron chi connectivity index (χ1n) is 14.9. The molecule has 3 N–H and O–H groups in total. The molecule has 47 heavy (non-hydrogen) atoms. The van der Waals surface area contributed by atoms with Crippen molar-refractivity contribution in [3.05, 3.63) is 94.2 Å².